The summed E-state index contributed by atoms with van der Waals surface area (Å²) < 4.78 is 56.6. The van der Waals surface area contributed by atoms with E-state index in [4.69, 9.17) is 47.0 Å². The van der Waals surface area contributed by atoms with Gasteiger partial charge in [0, 0.05) is 17.7 Å². The zero-order chi connectivity index (χ0) is 48.5. The van der Waals surface area contributed by atoms with Crippen LogP contribution >= 0.6 is 0 Å². The SMILES string of the molecule is COc1cc(-c2oc3cc(O)c(OC)c(O)c3c(=O)c2O[C@@H]2OC(CO[C@@H]3O[C@@H](CO)[C@@H](O)[C@H](O)[C@H]3OC(=O)/C=C/c3ccc(O)cc3)[C@@H](O)[C@H](O)[C@H]2O[C@@H]2OC[C@](O)(CO)[C@H]2O)ccc1O. The second-order valence-corrected chi connectivity index (χ2v) is 15.6. The van der Waals surface area contributed by atoms with Crippen LogP contribution in [0.2, 0.25) is 0 Å². The predicted molar refractivity (Wildman–Crippen MR) is 221 cm³/mol. The van der Waals surface area contributed by atoms with Gasteiger partial charge in [0.1, 0.15) is 65.0 Å². The molecule has 24 heteroatoms. The number of hydrogen-bond donors (Lipinski definition) is 12. The second kappa shape index (κ2) is 20.2. The summed E-state index contributed by atoms with van der Waals surface area (Å²) in [6.07, 6.45) is -20.5. The van der Waals surface area contributed by atoms with Crippen molar-refractivity contribution in [1.82, 2.24) is 0 Å². The molecule has 7 rings (SSSR count). The van der Waals surface area contributed by atoms with E-state index in [0.29, 0.717) is 5.56 Å². The van der Waals surface area contributed by atoms with Crippen LogP contribution in [0.25, 0.3) is 28.4 Å². The molecular weight excluding hydrogens is 900 g/mol. The van der Waals surface area contributed by atoms with Crippen molar-refractivity contribution in [1.29, 1.82) is 0 Å². The van der Waals surface area contributed by atoms with Gasteiger partial charge >= 0.3 is 5.97 Å². The van der Waals surface area contributed by atoms with E-state index in [-0.39, 0.29) is 22.8 Å². The highest BCUT2D eigenvalue weighted by Gasteiger charge is 2.55. The molecule has 0 bridgehead atoms. The molecule has 4 heterocycles. The number of phenols is 4. The maximum atomic E-state index is 14.5. The van der Waals surface area contributed by atoms with Gasteiger partial charge in [0.2, 0.25) is 23.2 Å². The van der Waals surface area contributed by atoms with E-state index < -0.39 is 157 Å². The lowest BCUT2D eigenvalue weighted by Gasteiger charge is -2.44. The largest absolute Gasteiger partial charge is 0.508 e. The summed E-state index contributed by atoms with van der Waals surface area (Å²) >= 11 is 0. The zero-order valence-electron chi connectivity index (χ0n) is 35.3. The molecule has 24 nitrogen and oxygen atoms in total. The maximum Gasteiger partial charge on any atom is 0.331 e. The van der Waals surface area contributed by atoms with E-state index in [2.05, 4.69) is 0 Å². The normalized spacial score (nSPS) is 31.0. The number of carbonyl (C=O) groups is 1. The van der Waals surface area contributed by atoms with Crippen molar-refractivity contribution in [2.45, 2.75) is 79.4 Å². The molecule has 0 amide bonds. The van der Waals surface area contributed by atoms with E-state index >= 15 is 0 Å². The van der Waals surface area contributed by atoms with Gasteiger partial charge in [-0.1, -0.05) is 12.1 Å². The summed E-state index contributed by atoms with van der Waals surface area (Å²) in [5, 5.41) is 127. The van der Waals surface area contributed by atoms with Crippen LogP contribution in [-0.4, -0.2) is 187 Å². The molecule has 1 unspecified atom stereocenters. The van der Waals surface area contributed by atoms with E-state index in [9.17, 15) is 70.9 Å². The van der Waals surface area contributed by atoms with Crippen molar-refractivity contribution in [3.63, 3.8) is 0 Å². The number of aromatic hydroxyl groups is 4. The molecule has 67 heavy (non-hydrogen) atoms. The van der Waals surface area contributed by atoms with Crippen molar-refractivity contribution >= 4 is 23.0 Å². The number of benzene rings is 3. The topological polar surface area (TPSA) is 373 Å². The third-order valence-corrected chi connectivity index (χ3v) is 11.3. The second-order valence-electron chi connectivity index (χ2n) is 15.6. The van der Waals surface area contributed by atoms with Crippen LogP contribution in [0.15, 0.2) is 63.8 Å². The number of aliphatic hydroxyl groups excluding tert-OH is 7. The van der Waals surface area contributed by atoms with Crippen molar-refractivity contribution in [3.05, 3.63) is 70.4 Å². The molecule has 3 aromatic carbocycles. The zero-order valence-corrected chi connectivity index (χ0v) is 35.3. The minimum absolute atomic E-state index is 0.0260. The van der Waals surface area contributed by atoms with Gasteiger partial charge in [-0.05, 0) is 42.0 Å². The fourth-order valence-corrected chi connectivity index (χ4v) is 7.50. The van der Waals surface area contributed by atoms with Crippen LogP contribution in [-0.2, 0) is 33.2 Å². The summed E-state index contributed by atoms with van der Waals surface area (Å²) in [4.78, 5) is 27.5. The Morgan fingerprint density at radius 3 is 2.15 bits per heavy atom. The molecule has 3 fully saturated rings. The summed E-state index contributed by atoms with van der Waals surface area (Å²) in [5.74, 6) is -4.92. The molecule has 3 aliphatic heterocycles. The van der Waals surface area contributed by atoms with Crippen LogP contribution in [0.4, 0.5) is 0 Å². The fraction of sp³-hybridized carbons (Fsp3) is 0.442. The summed E-state index contributed by atoms with van der Waals surface area (Å²) in [5.41, 5.74) is -3.39. The van der Waals surface area contributed by atoms with Crippen molar-refractivity contribution < 1.29 is 113 Å². The number of fused-ring (bicyclic) bond motifs is 1. The van der Waals surface area contributed by atoms with Gasteiger partial charge < -0.3 is 108 Å². The molecule has 364 valence electrons. The van der Waals surface area contributed by atoms with Crippen LogP contribution < -0.4 is 19.6 Å². The molecule has 3 saturated heterocycles. The van der Waals surface area contributed by atoms with Crippen LogP contribution in [0.1, 0.15) is 5.56 Å². The Balaban J connectivity index is 1.25. The van der Waals surface area contributed by atoms with E-state index in [1.165, 1.54) is 55.7 Å². The minimum Gasteiger partial charge on any atom is -0.508 e. The van der Waals surface area contributed by atoms with Crippen molar-refractivity contribution in [2.75, 3.05) is 40.6 Å². The minimum atomic E-state index is -2.25. The molecule has 0 saturated carbocycles. The first-order valence-corrected chi connectivity index (χ1v) is 20.3. The number of esters is 1. The molecule has 4 aromatic rings. The van der Waals surface area contributed by atoms with Crippen LogP contribution in [0.5, 0.6) is 40.2 Å². The number of rotatable bonds is 15. The number of carbonyl (C=O) groups excluding carboxylic acids is 1. The molecule has 12 N–H and O–H groups in total. The number of hydrogen-bond acceptors (Lipinski definition) is 24. The highest BCUT2D eigenvalue weighted by molar-refractivity contribution is 5.91. The quantitative estimate of drug-likeness (QED) is 0.0454. The Bertz CT molecular complexity index is 2480. The Hall–Kier alpha value is -5.84. The average Bonchev–Trinajstić information content (AvgIpc) is 3.60. The first-order valence-electron chi connectivity index (χ1n) is 20.3. The Morgan fingerprint density at radius 1 is 0.806 bits per heavy atom. The smallest absolute Gasteiger partial charge is 0.331 e. The molecule has 13 atom stereocenters. The monoisotopic (exact) mass is 948 g/mol. The summed E-state index contributed by atoms with van der Waals surface area (Å²) in [6, 6.07) is 10.3. The van der Waals surface area contributed by atoms with Crippen LogP contribution in [0, 0.1) is 0 Å². The van der Waals surface area contributed by atoms with Gasteiger partial charge in [0.15, 0.2) is 53.5 Å². The Labute approximate surface area is 377 Å². The van der Waals surface area contributed by atoms with Gasteiger partial charge in [-0.2, -0.15) is 0 Å². The number of phenolic OH excluding ortho intramolecular Hbond substituents is 4. The third-order valence-electron chi connectivity index (χ3n) is 11.3. The molecule has 0 aliphatic carbocycles. The van der Waals surface area contributed by atoms with E-state index in [1.807, 2.05) is 0 Å². The average molecular weight is 949 g/mol. The molecule has 0 spiro atoms. The standard InChI is InChI=1S/C43H48O24/c1-58-22-11-18(6-9-20(22)47)34-36(31(53)27-23(62-34)12-21(48)35(59-2)30(27)52)66-41-38(67-42-39(56)43(57,15-45)16-61-42)33(55)29(51)25(64-41)14-60-40-37(32(54)28(50)24(13-44)63-40)65-26(49)10-5-17-3-7-19(46)8-4-17/h3-12,24-25,28-29,32-33,37-42,44-48,50-52,54-57H,13-16H2,1-2H3/b10-5+/t24-,25?,28+,29+,32-,33-,37+,38+,39-,40+,41-,42-,43+/m0/s1. The van der Waals surface area contributed by atoms with Crippen molar-refractivity contribution in [3.8, 4) is 51.6 Å². The molecule has 1 aromatic heterocycles. The summed E-state index contributed by atoms with van der Waals surface area (Å²) in [7, 11) is 2.32. The lowest BCUT2D eigenvalue weighted by Crippen LogP contribution is -2.64. The van der Waals surface area contributed by atoms with Gasteiger partial charge in [-0.3, -0.25) is 4.79 Å². The molecule has 0 radical (unpaired) electrons. The first-order chi connectivity index (χ1) is 31.9. The molecular formula is C43H48O24. The van der Waals surface area contributed by atoms with Crippen LogP contribution in [0.3, 0.4) is 0 Å². The van der Waals surface area contributed by atoms with E-state index in [1.54, 1.807) is 0 Å². The highest BCUT2D eigenvalue weighted by Crippen LogP contribution is 2.45. The summed E-state index contributed by atoms with van der Waals surface area (Å²) in [6.45, 7) is -3.39. The predicted octanol–water partition coefficient (Wildman–Crippen LogP) is -1.97. The highest BCUT2D eigenvalue weighted by atomic mass is 16.8. The van der Waals surface area contributed by atoms with Crippen molar-refractivity contribution in [2.24, 2.45) is 0 Å². The number of aliphatic hydroxyl groups is 8. The lowest BCUT2D eigenvalue weighted by atomic mass is 9.97. The molecule has 3 aliphatic rings. The number of ether oxygens (including phenoxy) is 9. The lowest BCUT2D eigenvalue weighted by molar-refractivity contribution is -0.338. The van der Waals surface area contributed by atoms with Gasteiger partial charge in [0.25, 0.3) is 0 Å². The first kappa shape index (κ1) is 49.1. The number of methoxy groups -OCH3 is 2. The van der Waals surface area contributed by atoms with Gasteiger partial charge in [-0.25, -0.2) is 4.79 Å². The van der Waals surface area contributed by atoms with E-state index in [0.717, 1.165) is 19.3 Å². The fourth-order valence-electron chi connectivity index (χ4n) is 7.50. The van der Waals surface area contributed by atoms with Gasteiger partial charge in [0.05, 0.1) is 40.6 Å². The third kappa shape index (κ3) is 9.79. The Morgan fingerprint density at radius 2 is 1.49 bits per heavy atom. The maximum absolute atomic E-state index is 14.5. The Kier molecular flexibility index (Phi) is 14.8. The van der Waals surface area contributed by atoms with Gasteiger partial charge in [-0.15, -0.1) is 0 Å².